The number of ether oxygens (including phenoxy) is 1. The summed E-state index contributed by atoms with van der Waals surface area (Å²) >= 11 is 1.55. The zero-order valence-electron chi connectivity index (χ0n) is 12.3. The molecular formula is C14H24N4OS. The van der Waals surface area contributed by atoms with Gasteiger partial charge in [0.1, 0.15) is 0 Å². The van der Waals surface area contributed by atoms with Crippen LogP contribution < -0.4 is 0 Å². The standard InChI is InChI=1S/C14H24N4OS/c1-12-14(20-16-15-12)11-18-5-3-2-4-13(18)10-17-6-8-19-9-7-17/h13H,2-11H2,1H3/t13-/m1/s1. The van der Waals surface area contributed by atoms with Crippen molar-refractivity contribution in [3.8, 4) is 0 Å². The average molecular weight is 296 g/mol. The fourth-order valence-corrected chi connectivity index (χ4v) is 3.80. The van der Waals surface area contributed by atoms with Gasteiger partial charge in [-0.05, 0) is 37.8 Å². The normalized spacial score (nSPS) is 25.9. The van der Waals surface area contributed by atoms with Crippen LogP contribution in [-0.4, -0.2) is 64.8 Å². The number of likely N-dealkylation sites (tertiary alicyclic amines) is 1. The number of nitrogens with zero attached hydrogens (tertiary/aromatic N) is 4. The highest BCUT2D eigenvalue weighted by Gasteiger charge is 2.26. The highest BCUT2D eigenvalue weighted by Crippen LogP contribution is 2.22. The Balaban J connectivity index is 1.59. The monoisotopic (exact) mass is 296 g/mol. The number of aromatic nitrogens is 2. The summed E-state index contributed by atoms with van der Waals surface area (Å²) in [6.45, 7) is 9.46. The molecule has 0 saturated carbocycles. The molecule has 0 amide bonds. The molecule has 3 heterocycles. The molecule has 0 aromatic carbocycles. The van der Waals surface area contributed by atoms with Gasteiger partial charge < -0.3 is 4.74 Å². The van der Waals surface area contributed by atoms with Crippen LogP contribution in [0.4, 0.5) is 0 Å². The van der Waals surface area contributed by atoms with Crippen molar-refractivity contribution >= 4 is 11.5 Å². The van der Waals surface area contributed by atoms with Crippen LogP contribution >= 0.6 is 11.5 Å². The summed E-state index contributed by atoms with van der Waals surface area (Å²) in [5.41, 5.74) is 1.10. The first-order chi connectivity index (χ1) is 9.83. The molecule has 2 aliphatic rings. The van der Waals surface area contributed by atoms with E-state index in [0.717, 1.165) is 38.5 Å². The Labute approximate surface area is 125 Å². The van der Waals surface area contributed by atoms with E-state index in [9.17, 15) is 0 Å². The molecule has 0 aliphatic carbocycles. The van der Waals surface area contributed by atoms with Crippen molar-refractivity contribution in [1.82, 2.24) is 19.4 Å². The Morgan fingerprint density at radius 3 is 2.85 bits per heavy atom. The molecule has 0 unspecified atom stereocenters. The van der Waals surface area contributed by atoms with E-state index in [4.69, 9.17) is 4.74 Å². The van der Waals surface area contributed by atoms with Gasteiger partial charge in [-0.3, -0.25) is 9.80 Å². The molecule has 0 N–H and O–H groups in total. The summed E-state index contributed by atoms with van der Waals surface area (Å²) in [4.78, 5) is 6.53. The fourth-order valence-electron chi connectivity index (χ4n) is 3.14. The number of hydrogen-bond donors (Lipinski definition) is 0. The molecule has 0 radical (unpaired) electrons. The van der Waals surface area contributed by atoms with Gasteiger partial charge in [0.2, 0.25) is 0 Å². The predicted octanol–water partition coefficient (Wildman–Crippen LogP) is 1.53. The summed E-state index contributed by atoms with van der Waals surface area (Å²) in [5, 5.41) is 4.14. The van der Waals surface area contributed by atoms with Crippen LogP contribution in [0, 0.1) is 6.92 Å². The first-order valence-electron chi connectivity index (χ1n) is 7.65. The summed E-state index contributed by atoms with van der Waals surface area (Å²) < 4.78 is 9.51. The number of hydrogen-bond acceptors (Lipinski definition) is 6. The van der Waals surface area contributed by atoms with E-state index in [0.29, 0.717) is 6.04 Å². The van der Waals surface area contributed by atoms with E-state index in [1.165, 1.54) is 37.2 Å². The second kappa shape index (κ2) is 6.93. The molecule has 20 heavy (non-hydrogen) atoms. The smallest absolute Gasteiger partial charge is 0.0769 e. The molecular weight excluding hydrogens is 272 g/mol. The lowest BCUT2D eigenvalue weighted by Gasteiger charge is -2.39. The van der Waals surface area contributed by atoms with Gasteiger partial charge in [-0.1, -0.05) is 10.9 Å². The van der Waals surface area contributed by atoms with Gasteiger partial charge in [-0.15, -0.1) is 5.10 Å². The van der Waals surface area contributed by atoms with E-state index < -0.39 is 0 Å². The molecule has 1 aromatic rings. The third kappa shape index (κ3) is 3.55. The number of morpholine rings is 1. The Bertz CT molecular complexity index is 419. The third-order valence-electron chi connectivity index (χ3n) is 4.41. The van der Waals surface area contributed by atoms with Gasteiger partial charge in [-0.25, -0.2) is 0 Å². The second-order valence-electron chi connectivity index (χ2n) is 5.81. The Hall–Kier alpha value is -0.560. The first-order valence-corrected chi connectivity index (χ1v) is 8.42. The number of piperidine rings is 1. The quantitative estimate of drug-likeness (QED) is 0.843. The average Bonchev–Trinajstić information content (AvgIpc) is 2.88. The van der Waals surface area contributed by atoms with Crippen molar-refractivity contribution in [2.45, 2.75) is 38.8 Å². The van der Waals surface area contributed by atoms with Crippen LogP contribution in [0.15, 0.2) is 0 Å². The van der Waals surface area contributed by atoms with Gasteiger partial charge >= 0.3 is 0 Å². The van der Waals surface area contributed by atoms with Gasteiger partial charge in [0, 0.05) is 32.2 Å². The minimum absolute atomic E-state index is 0.684. The summed E-state index contributed by atoms with van der Waals surface area (Å²) in [6, 6.07) is 0.684. The lowest BCUT2D eigenvalue weighted by Crippen LogP contribution is -2.49. The highest BCUT2D eigenvalue weighted by molar-refractivity contribution is 7.05. The van der Waals surface area contributed by atoms with Crippen LogP contribution in [0.5, 0.6) is 0 Å². The van der Waals surface area contributed by atoms with Crippen molar-refractivity contribution in [2.75, 3.05) is 39.4 Å². The predicted molar refractivity (Wildman–Crippen MR) is 80.0 cm³/mol. The van der Waals surface area contributed by atoms with Crippen molar-refractivity contribution < 1.29 is 4.74 Å². The van der Waals surface area contributed by atoms with E-state index in [1.54, 1.807) is 11.5 Å². The van der Waals surface area contributed by atoms with Crippen LogP contribution in [0.2, 0.25) is 0 Å². The summed E-state index contributed by atoms with van der Waals surface area (Å²) in [6.07, 6.45) is 4.01. The lowest BCUT2D eigenvalue weighted by molar-refractivity contribution is 0.0154. The second-order valence-corrected chi connectivity index (χ2v) is 6.65. The number of aryl methyl sites for hydroxylation is 1. The minimum Gasteiger partial charge on any atom is -0.379 e. The first kappa shape index (κ1) is 14.4. The SMILES string of the molecule is Cc1nnsc1CN1CCCC[C@@H]1CN1CCOCC1. The zero-order chi connectivity index (χ0) is 13.8. The van der Waals surface area contributed by atoms with Crippen molar-refractivity contribution in [3.05, 3.63) is 10.6 Å². The van der Waals surface area contributed by atoms with E-state index in [2.05, 4.69) is 26.3 Å². The molecule has 6 heteroatoms. The maximum absolute atomic E-state index is 5.45. The van der Waals surface area contributed by atoms with Gasteiger partial charge in [0.05, 0.1) is 23.8 Å². The number of rotatable bonds is 4. The van der Waals surface area contributed by atoms with Gasteiger partial charge in [0.25, 0.3) is 0 Å². The van der Waals surface area contributed by atoms with E-state index in [-0.39, 0.29) is 0 Å². The molecule has 112 valence electrons. The highest BCUT2D eigenvalue weighted by atomic mass is 32.1. The zero-order valence-corrected chi connectivity index (χ0v) is 13.1. The maximum atomic E-state index is 5.45. The third-order valence-corrected chi connectivity index (χ3v) is 5.22. The van der Waals surface area contributed by atoms with E-state index >= 15 is 0 Å². The molecule has 1 aromatic heterocycles. The fraction of sp³-hybridized carbons (Fsp3) is 0.857. The van der Waals surface area contributed by atoms with Gasteiger partial charge in [-0.2, -0.15) is 0 Å². The Morgan fingerprint density at radius 1 is 1.25 bits per heavy atom. The maximum Gasteiger partial charge on any atom is 0.0769 e. The van der Waals surface area contributed by atoms with Crippen molar-refractivity contribution in [1.29, 1.82) is 0 Å². The van der Waals surface area contributed by atoms with E-state index in [1.807, 2.05) is 0 Å². The molecule has 0 bridgehead atoms. The minimum atomic E-state index is 0.684. The molecule has 0 spiro atoms. The molecule has 2 saturated heterocycles. The molecule has 3 rings (SSSR count). The van der Waals surface area contributed by atoms with Crippen LogP contribution in [0.25, 0.3) is 0 Å². The van der Waals surface area contributed by atoms with Crippen molar-refractivity contribution in [3.63, 3.8) is 0 Å². The Kier molecular flexibility index (Phi) is 4.99. The lowest BCUT2D eigenvalue weighted by atomic mass is 10.0. The molecule has 1 atom stereocenters. The van der Waals surface area contributed by atoms with Crippen LogP contribution in [-0.2, 0) is 11.3 Å². The molecule has 2 fully saturated rings. The van der Waals surface area contributed by atoms with Gasteiger partial charge in [0.15, 0.2) is 0 Å². The van der Waals surface area contributed by atoms with Crippen molar-refractivity contribution in [2.24, 2.45) is 0 Å². The summed E-state index contributed by atoms with van der Waals surface area (Å²) in [7, 11) is 0. The topological polar surface area (TPSA) is 41.5 Å². The van der Waals surface area contributed by atoms with Crippen LogP contribution in [0.1, 0.15) is 29.8 Å². The van der Waals surface area contributed by atoms with Crippen LogP contribution in [0.3, 0.4) is 0 Å². The largest absolute Gasteiger partial charge is 0.379 e. The summed E-state index contributed by atoms with van der Waals surface area (Å²) in [5.74, 6) is 0. The molecule has 2 aliphatic heterocycles. The molecule has 5 nitrogen and oxygen atoms in total. The Morgan fingerprint density at radius 2 is 2.10 bits per heavy atom.